The molecule has 0 bridgehead atoms. The second-order valence-corrected chi connectivity index (χ2v) is 8.64. The Morgan fingerprint density at radius 3 is 2.74 bits per heavy atom. The summed E-state index contributed by atoms with van der Waals surface area (Å²) in [6.45, 7) is 0.524. The molecular formula is C26H27N5O4. The first-order chi connectivity index (χ1) is 17.1. The predicted molar refractivity (Wildman–Crippen MR) is 129 cm³/mol. The normalized spacial score (nSPS) is 13.9. The second-order valence-electron chi connectivity index (χ2n) is 8.64. The van der Waals surface area contributed by atoms with Crippen LogP contribution in [0.1, 0.15) is 47.8 Å². The first-order valence-corrected chi connectivity index (χ1v) is 11.8. The summed E-state index contributed by atoms with van der Waals surface area (Å²) >= 11 is 0. The topological polar surface area (TPSA) is 112 Å². The van der Waals surface area contributed by atoms with Crippen molar-refractivity contribution in [3.63, 3.8) is 0 Å². The van der Waals surface area contributed by atoms with Crippen molar-refractivity contribution < 1.29 is 19.4 Å². The van der Waals surface area contributed by atoms with Crippen molar-refractivity contribution in [3.05, 3.63) is 71.4 Å². The van der Waals surface area contributed by atoms with E-state index >= 15 is 0 Å². The summed E-state index contributed by atoms with van der Waals surface area (Å²) in [5.41, 5.74) is 5.11. The minimum Gasteiger partial charge on any atom is -0.493 e. The molecule has 0 saturated heterocycles. The fraction of sp³-hybridized carbons (Fsp3) is 0.346. The Bertz CT molecular complexity index is 1340. The molecule has 0 saturated carbocycles. The van der Waals surface area contributed by atoms with Crippen molar-refractivity contribution >= 4 is 16.9 Å². The van der Waals surface area contributed by atoms with Gasteiger partial charge in [-0.25, -0.2) is 9.97 Å². The number of aromatic nitrogens is 5. The van der Waals surface area contributed by atoms with Crippen LogP contribution in [0.15, 0.2) is 48.9 Å². The van der Waals surface area contributed by atoms with E-state index in [-0.39, 0.29) is 12.4 Å². The number of aryl methyl sites for hydroxylation is 2. The lowest BCUT2D eigenvalue weighted by molar-refractivity contribution is -0.137. The molecule has 3 aromatic heterocycles. The highest BCUT2D eigenvalue weighted by Crippen LogP contribution is 2.28. The van der Waals surface area contributed by atoms with Gasteiger partial charge in [-0.3, -0.25) is 14.5 Å². The molecule has 9 heteroatoms. The Morgan fingerprint density at radius 1 is 1.11 bits per heavy atom. The van der Waals surface area contributed by atoms with Gasteiger partial charge >= 0.3 is 12.0 Å². The van der Waals surface area contributed by atoms with Crippen LogP contribution < -0.4 is 9.47 Å². The first-order valence-electron chi connectivity index (χ1n) is 11.8. The number of methoxy groups -OCH3 is 1. The molecule has 0 spiro atoms. The largest absolute Gasteiger partial charge is 0.493 e. The van der Waals surface area contributed by atoms with Crippen LogP contribution >= 0.6 is 0 Å². The first kappa shape index (κ1) is 22.8. The van der Waals surface area contributed by atoms with Crippen molar-refractivity contribution in [2.24, 2.45) is 0 Å². The van der Waals surface area contributed by atoms with E-state index in [2.05, 4.69) is 27.2 Å². The van der Waals surface area contributed by atoms with E-state index in [0.717, 1.165) is 41.6 Å². The van der Waals surface area contributed by atoms with E-state index in [1.165, 1.54) is 31.2 Å². The van der Waals surface area contributed by atoms with Crippen LogP contribution in [-0.4, -0.2) is 49.5 Å². The number of aliphatic carboxylic acids is 1. The van der Waals surface area contributed by atoms with Crippen molar-refractivity contribution in [1.29, 1.82) is 0 Å². The third kappa shape index (κ3) is 5.08. The molecule has 1 atom stereocenters. The summed E-state index contributed by atoms with van der Waals surface area (Å²) in [5, 5.41) is 14.8. The van der Waals surface area contributed by atoms with Gasteiger partial charge in [-0.1, -0.05) is 6.07 Å². The zero-order valence-corrected chi connectivity index (χ0v) is 19.6. The summed E-state index contributed by atoms with van der Waals surface area (Å²) in [4.78, 5) is 24.6. The van der Waals surface area contributed by atoms with Crippen LogP contribution in [0, 0.1) is 0 Å². The van der Waals surface area contributed by atoms with Gasteiger partial charge in [-0.15, -0.1) is 0 Å². The molecule has 1 aromatic carbocycles. The Labute approximate surface area is 202 Å². The quantitative estimate of drug-likeness (QED) is 0.391. The number of fused-ring (bicyclic) bond motifs is 2. The van der Waals surface area contributed by atoms with Gasteiger partial charge in [0.1, 0.15) is 5.75 Å². The van der Waals surface area contributed by atoms with E-state index < -0.39 is 12.0 Å². The summed E-state index contributed by atoms with van der Waals surface area (Å²) in [6, 6.07) is 9.67. The third-order valence-electron chi connectivity index (χ3n) is 6.31. The number of ether oxygens (including phenoxy) is 2. The smallest absolute Gasteiger partial charge is 0.316 e. The molecule has 4 aromatic rings. The van der Waals surface area contributed by atoms with Gasteiger partial charge in [0.05, 0.1) is 37.9 Å². The van der Waals surface area contributed by atoms with Gasteiger partial charge in [-0.05, 0) is 55.5 Å². The van der Waals surface area contributed by atoms with Crippen LogP contribution in [0.5, 0.6) is 11.8 Å². The highest BCUT2D eigenvalue weighted by molar-refractivity contribution is 5.81. The lowest BCUT2D eigenvalue weighted by Crippen LogP contribution is -2.17. The number of carboxylic acid groups (broad SMARTS) is 1. The highest BCUT2D eigenvalue weighted by Gasteiger charge is 2.22. The fourth-order valence-corrected chi connectivity index (χ4v) is 4.52. The summed E-state index contributed by atoms with van der Waals surface area (Å²) in [6.07, 6.45) is 10.1. The maximum Gasteiger partial charge on any atom is 0.316 e. The number of nitrogens with zero attached hydrogens (tertiary/aromatic N) is 5. The summed E-state index contributed by atoms with van der Waals surface area (Å²) in [7, 11) is 1.48. The zero-order valence-electron chi connectivity index (χ0n) is 19.6. The lowest BCUT2D eigenvalue weighted by Gasteiger charge is -2.17. The molecule has 35 heavy (non-hydrogen) atoms. The maximum absolute atomic E-state index is 11.6. The Hall–Kier alpha value is -4.01. The van der Waals surface area contributed by atoms with Gasteiger partial charge in [-0.2, -0.15) is 5.10 Å². The molecule has 9 nitrogen and oxygen atoms in total. The third-order valence-corrected chi connectivity index (χ3v) is 6.31. The molecule has 0 radical (unpaired) electrons. The molecule has 1 N–H and O–H groups in total. The summed E-state index contributed by atoms with van der Waals surface area (Å²) in [5.74, 6) is -0.206. The monoisotopic (exact) mass is 473 g/mol. The maximum atomic E-state index is 11.6. The Kier molecular flexibility index (Phi) is 6.56. The number of pyridine rings is 1. The van der Waals surface area contributed by atoms with E-state index in [0.29, 0.717) is 12.2 Å². The highest BCUT2D eigenvalue weighted by atomic mass is 16.5. The van der Waals surface area contributed by atoms with Crippen molar-refractivity contribution in [2.45, 2.75) is 44.6 Å². The van der Waals surface area contributed by atoms with Crippen LogP contribution in [0.2, 0.25) is 0 Å². The molecule has 0 fully saturated rings. The predicted octanol–water partition coefficient (Wildman–Crippen LogP) is 3.79. The van der Waals surface area contributed by atoms with E-state index in [9.17, 15) is 9.90 Å². The van der Waals surface area contributed by atoms with Gasteiger partial charge in [0.2, 0.25) is 0 Å². The van der Waals surface area contributed by atoms with Crippen molar-refractivity contribution in [1.82, 2.24) is 24.7 Å². The minimum absolute atomic E-state index is 0.154. The molecule has 0 aliphatic heterocycles. The second kappa shape index (κ2) is 10.1. The average molecular weight is 474 g/mol. The van der Waals surface area contributed by atoms with Crippen LogP contribution in [0.25, 0.3) is 10.9 Å². The Morgan fingerprint density at radius 2 is 1.94 bits per heavy atom. The van der Waals surface area contributed by atoms with Gasteiger partial charge in [0.25, 0.3) is 0 Å². The molecule has 0 amide bonds. The standard InChI is InChI=1S/C26H27N5O4/c1-34-26-27-14-19(15-28-26)24(13-25(32)33)31-23-9-8-21(12-18(23)16-29-31)35-11-10-20-7-6-17-4-2-3-5-22(17)30-20/h6-9,12,14-16,24H,2-5,10-11,13H2,1H3,(H,32,33)/t24-/m1/s1. The number of benzene rings is 1. The number of hydrogen-bond acceptors (Lipinski definition) is 7. The van der Waals surface area contributed by atoms with Crippen molar-refractivity contribution in [3.8, 4) is 11.8 Å². The van der Waals surface area contributed by atoms with E-state index in [1.54, 1.807) is 23.3 Å². The molecule has 3 heterocycles. The zero-order chi connectivity index (χ0) is 24.2. The SMILES string of the molecule is COc1ncc([C@@H](CC(=O)O)n2ncc3cc(OCCc4ccc5c(n4)CCCC5)ccc32)cn1. The van der Waals surface area contributed by atoms with Gasteiger partial charge in [0.15, 0.2) is 0 Å². The van der Waals surface area contributed by atoms with Crippen LogP contribution in [-0.2, 0) is 24.1 Å². The Balaban J connectivity index is 1.30. The average Bonchev–Trinajstić information content (AvgIpc) is 3.30. The molecule has 5 rings (SSSR count). The number of rotatable bonds is 9. The van der Waals surface area contributed by atoms with E-state index in [1.807, 2.05) is 18.2 Å². The van der Waals surface area contributed by atoms with Gasteiger partial charge < -0.3 is 14.6 Å². The molecule has 180 valence electrons. The molecule has 1 aliphatic carbocycles. The molecule has 0 unspecified atom stereocenters. The van der Waals surface area contributed by atoms with E-state index in [4.69, 9.17) is 14.5 Å². The lowest BCUT2D eigenvalue weighted by atomic mass is 9.96. The van der Waals surface area contributed by atoms with Crippen molar-refractivity contribution in [2.75, 3.05) is 13.7 Å². The number of hydrogen-bond donors (Lipinski definition) is 1. The van der Waals surface area contributed by atoms with Gasteiger partial charge in [0, 0.05) is 41.2 Å². The van der Waals surface area contributed by atoms with Crippen LogP contribution in [0.3, 0.4) is 0 Å². The molecule has 1 aliphatic rings. The summed E-state index contributed by atoms with van der Waals surface area (Å²) < 4.78 is 12.7. The molecular weight excluding hydrogens is 446 g/mol. The number of carboxylic acids is 1. The van der Waals surface area contributed by atoms with Crippen LogP contribution in [0.4, 0.5) is 0 Å². The minimum atomic E-state index is -0.940. The number of carbonyl (C=O) groups is 1. The fourth-order valence-electron chi connectivity index (χ4n) is 4.52.